The SMILES string of the molecule is CC1(c2cccnc2OC(=O)O)COC1. The predicted molar refractivity (Wildman–Crippen MR) is 51.1 cm³/mol. The van der Waals surface area contributed by atoms with E-state index in [1.807, 2.05) is 13.0 Å². The first kappa shape index (κ1) is 9.92. The predicted octanol–water partition coefficient (Wildman–Crippen LogP) is 1.43. The van der Waals surface area contributed by atoms with E-state index in [0.717, 1.165) is 5.56 Å². The number of nitrogens with zero attached hydrogens (tertiary/aromatic N) is 1. The van der Waals surface area contributed by atoms with Crippen LogP contribution >= 0.6 is 0 Å². The van der Waals surface area contributed by atoms with E-state index in [2.05, 4.69) is 9.72 Å². The van der Waals surface area contributed by atoms with Crippen LogP contribution in [0.2, 0.25) is 0 Å². The van der Waals surface area contributed by atoms with Gasteiger partial charge in [-0.05, 0) is 6.07 Å². The molecule has 1 saturated heterocycles. The summed E-state index contributed by atoms with van der Waals surface area (Å²) in [6.45, 7) is 3.12. The van der Waals surface area contributed by atoms with Gasteiger partial charge in [-0.25, -0.2) is 9.78 Å². The zero-order valence-corrected chi connectivity index (χ0v) is 8.27. The van der Waals surface area contributed by atoms with Crippen molar-refractivity contribution in [2.75, 3.05) is 13.2 Å². The summed E-state index contributed by atoms with van der Waals surface area (Å²) < 4.78 is 9.74. The molecule has 1 aliphatic heterocycles. The third-order valence-corrected chi connectivity index (χ3v) is 2.45. The molecule has 80 valence electrons. The van der Waals surface area contributed by atoms with Gasteiger partial charge in [0.1, 0.15) is 0 Å². The number of carboxylic acid groups (broad SMARTS) is 1. The summed E-state index contributed by atoms with van der Waals surface area (Å²) in [4.78, 5) is 14.4. The maximum Gasteiger partial charge on any atom is 0.512 e. The molecule has 1 aromatic heterocycles. The van der Waals surface area contributed by atoms with Crippen LogP contribution in [0, 0.1) is 0 Å². The van der Waals surface area contributed by atoms with Gasteiger partial charge < -0.3 is 14.6 Å². The fourth-order valence-electron chi connectivity index (χ4n) is 1.58. The fourth-order valence-corrected chi connectivity index (χ4v) is 1.58. The highest BCUT2D eigenvalue weighted by Crippen LogP contribution is 2.36. The average Bonchev–Trinajstić information content (AvgIpc) is 2.14. The van der Waals surface area contributed by atoms with Gasteiger partial charge in [-0.2, -0.15) is 0 Å². The van der Waals surface area contributed by atoms with Gasteiger partial charge in [0.2, 0.25) is 5.88 Å². The number of aromatic nitrogens is 1. The highest BCUT2D eigenvalue weighted by atomic mass is 16.7. The van der Waals surface area contributed by atoms with Crippen molar-refractivity contribution in [3.05, 3.63) is 23.9 Å². The summed E-state index contributed by atoms with van der Waals surface area (Å²) in [5.74, 6) is 0.149. The molecule has 0 bridgehead atoms. The van der Waals surface area contributed by atoms with E-state index < -0.39 is 6.16 Å². The molecule has 0 aromatic carbocycles. The van der Waals surface area contributed by atoms with Crippen molar-refractivity contribution in [1.29, 1.82) is 0 Å². The van der Waals surface area contributed by atoms with Gasteiger partial charge in [0.25, 0.3) is 0 Å². The lowest BCUT2D eigenvalue weighted by atomic mass is 9.81. The minimum absolute atomic E-state index is 0.149. The molecule has 5 nitrogen and oxygen atoms in total. The van der Waals surface area contributed by atoms with Crippen molar-refractivity contribution >= 4 is 6.16 Å². The van der Waals surface area contributed by atoms with Crippen LogP contribution < -0.4 is 4.74 Å². The largest absolute Gasteiger partial charge is 0.512 e. The van der Waals surface area contributed by atoms with Gasteiger partial charge in [0, 0.05) is 17.2 Å². The fraction of sp³-hybridized carbons (Fsp3) is 0.400. The second-order valence-corrected chi connectivity index (χ2v) is 3.78. The molecular formula is C10H11NO4. The monoisotopic (exact) mass is 209 g/mol. The first-order valence-electron chi connectivity index (χ1n) is 4.56. The van der Waals surface area contributed by atoms with Crippen LogP contribution in [0.5, 0.6) is 5.88 Å². The van der Waals surface area contributed by atoms with E-state index in [1.165, 1.54) is 6.20 Å². The zero-order valence-electron chi connectivity index (χ0n) is 8.27. The highest BCUT2D eigenvalue weighted by molar-refractivity contribution is 5.61. The zero-order chi connectivity index (χ0) is 10.9. The molecule has 0 atom stereocenters. The Morgan fingerprint density at radius 1 is 1.67 bits per heavy atom. The van der Waals surface area contributed by atoms with E-state index in [4.69, 9.17) is 9.84 Å². The lowest BCUT2D eigenvalue weighted by Crippen LogP contribution is -2.44. The molecule has 1 N–H and O–H groups in total. The Kier molecular flexibility index (Phi) is 2.32. The molecule has 2 rings (SSSR count). The Labute approximate surface area is 86.7 Å². The Morgan fingerprint density at radius 3 is 2.93 bits per heavy atom. The first-order valence-corrected chi connectivity index (χ1v) is 4.56. The van der Waals surface area contributed by atoms with Gasteiger partial charge in [0.15, 0.2) is 0 Å². The molecule has 0 aliphatic carbocycles. The van der Waals surface area contributed by atoms with E-state index in [0.29, 0.717) is 13.2 Å². The average molecular weight is 209 g/mol. The lowest BCUT2D eigenvalue weighted by Gasteiger charge is -2.38. The van der Waals surface area contributed by atoms with Crippen LogP contribution in [0.15, 0.2) is 18.3 Å². The second kappa shape index (κ2) is 3.51. The Bertz CT molecular complexity index is 387. The minimum atomic E-state index is -1.35. The lowest BCUT2D eigenvalue weighted by molar-refractivity contribution is -0.0511. The van der Waals surface area contributed by atoms with Gasteiger partial charge in [-0.1, -0.05) is 13.0 Å². The number of hydrogen-bond acceptors (Lipinski definition) is 4. The van der Waals surface area contributed by atoms with Crippen LogP contribution in [0.25, 0.3) is 0 Å². The van der Waals surface area contributed by atoms with Crippen LogP contribution in [0.4, 0.5) is 4.79 Å². The van der Waals surface area contributed by atoms with E-state index >= 15 is 0 Å². The van der Waals surface area contributed by atoms with Crippen molar-refractivity contribution in [2.45, 2.75) is 12.3 Å². The van der Waals surface area contributed by atoms with Crippen LogP contribution in [0.1, 0.15) is 12.5 Å². The first-order chi connectivity index (χ1) is 7.12. The third kappa shape index (κ3) is 1.78. The summed E-state index contributed by atoms with van der Waals surface area (Å²) in [7, 11) is 0. The number of carbonyl (C=O) groups is 1. The van der Waals surface area contributed by atoms with Crippen molar-refractivity contribution in [1.82, 2.24) is 4.98 Å². The molecular weight excluding hydrogens is 198 g/mol. The summed E-state index contributed by atoms with van der Waals surface area (Å²) >= 11 is 0. The van der Waals surface area contributed by atoms with E-state index in [9.17, 15) is 4.79 Å². The Morgan fingerprint density at radius 2 is 2.40 bits per heavy atom. The molecule has 0 spiro atoms. The molecule has 1 aliphatic rings. The van der Waals surface area contributed by atoms with E-state index in [1.54, 1.807) is 6.07 Å². The van der Waals surface area contributed by atoms with E-state index in [-0.39, 0.29) is 11.3 Å². The van der Waals surface area contributed by atoms with Crippen LogP contribution in [0.3, 0.4) is 0 Å². The number of rotatable bonds is 2. The van der Waals surface area contributed by atoms with Gasteiger partial charge >= 0.3 is 6.16 Å². The van der Waals surface area contributed by atoms with Crippen molar-refractivity contribution < 1.29 is 19.4 Å². The maximum atomic E-state index is 10.5. The molecule has 1 fully saturated rings. The van der Waals surface area contributed by atoms with Crippen molar-refractivity contribution in [3.8, 4) is 5.88 Å². The molecule has 0 amide bonds. The van der Waals surface area contributed by atoms with Crippen LogP contribution in [-0.4, -0.2) is 29.5 Å². The third-order valence-electron chi connectivity index (χ3n) is 2.45. The molecule has 5 heteroatoms. The number of pyridine rings is 1. The van der Waals surface area contributed by atoms with Crippen molar-refractivity contribution in [2.24, 2.45) is 0 Å². The van der Waals surface area contributed by atoms with Crippen LogP contribution in [-0.2, 0) is 10.2 Å². The topological polar surface area (TPSA) is 68.7 Å². The molecule has 0 radical (unpaired) electrons. The van der Waals surface area contributed by atoms with Crippen molar-refractivity contribution in [3.63, 3.8) is 0 Å². The molecule has 0 unspecified atom stereocenters. The standard InChI is InChI=1S/C10H11NO4/c1-10(5-14-6-10)7-3-2-4-11-8(7)15-9(12)13/h2-4H,5-6H2,1H3,(H,12,13). The Balaban J connectivity index is 2.33. The summed E-state index contributed by atoms with van der Waals surface area (Å²) in [6, 6.07) is 3.57. The summed E-state index contributed by atoms with van der Waals surface area (Å²) in [6.07, 6.45) is 0.156. The second-order valence-electron chi connectivity index (χ2n) is 3.78. The summed E-state index contributed by atoms with van der Waals surface area (Å²) in [5, 5.41) is 8.55. The Hall–Kier alpha value is -1.62. The molecule has 0 saturated carbocycles. The highest BCUT2D eigenvalue weighted by Gasteiger charge is 2.38. The maximum absolute atomic E-state index is 10.5. The van der Waals surface area contributed by atoms with Gasteiger partial charge in [0.05, 0.1) is 13.2 Å². The van der Waals surface area contributed by atoms with Gasteiger partial charge in [-0.15, -0.1) is 0 Å². The number of hydrogen-bond donors (Lipinski definition) is 1. The number of ether oxygens (including phenoxy) is 2. The minimum Gasteiger partial charge on any atom is -0.449 e. The molecule has 15 heavy (non-hydrogen) atoms. The molecule has 1 aromatic rings. The molecule has 2 heterocycles. The summed E-state index contributed by atoms with van der Waals surface area (Å²) in [5.41, 5.74) is 0.595. The quantitative estimate of drug-likeness (QED) is 0.746. The van der Waals surface area contributed by atoms with Gasteiger partial charge in [-0.3, -0.25) is 0 Å². The normalized spacial score (nSPS) is 17.9. The smallest absolute Gasteiger partial charge is 0.449 e.